The highest BCUT2D eigenvalue weighted by Crippen LogP contribution is 2.26. The normalized spacial score (nSPS) is 10.4. The third kappa shape index (κ3) is 4.73. The van der Waals surface area contributed by atoms with Crippen molar-refractivity contribution in [3.8, 4) is 5.75 Å². The zero-order chi connectivity index (χ0) is 11.8. The van der Waals surface area contributed by atoms with Crippen LogP contribution in [0.1, 0.15) is 18.9 Å². The van der Waals surface area contributed by atoms with Gasteiger partial charge in [-0.2, -0.15) is 0 Å². The van der Waals surface area contributed by atoms with E-state index in [-0.39, 0.29) is 0 Å². The first kappa shape index (κ1) is 13.8. The van der Waals surface area contributed by atoms with Gasteiger partial charge in [0, 0.05) is 25.0 Å². The second kappa shape index (κ2) is 7.93. The fourth-order valence-corrected chi connectivity index (χ4v) is 1.84. The van der Waals surface area contributed by atoms with Crippen LogP contribution in [0, 0.1) is 0 Å². The molecule has 4 heteroatoms. The van der Waals surface area contributed by atoms with Crippen molar-refractivity contribution in [2.24, 2.45) is 0 Å². The molecule has 16 heavy (non-hydrogen) atoms. The average molecular weight is 308 g/mol. The van der Waals surface area contributed by atoms with Crippen LogP contribution in [0.5, 0.6) is 5.75 Å². The Morgan fingerprint density at radius 1 is 1.31 bits per heavy atom. The second-order valence-corrected chi connectivity index (χ2v) is 4.27. The Kier molecular flexibility index (Phi) is 6.85. The van der Waals surface area contributed by atoms with E-state index in [1.165, 1.54) is 0 Å². The topological polar surface area (TPSA) is 18.5 Å². The van der Waals surface area contributed by atoms with Gasteiger partial charge in [-0.1, -0.05) is 33.6 Å². The third-order valence-electron chi connectivity index (χ3n) is 2.05. The number of benzene rings is 1. The molecule has 0 saturated carbocycles. The Labute approximate surface area is 110 Å². The molecule has 0 aliphatic carbocycles. The molecule has 0 aliphatic rings. The van der Waals surface area contributed by atoms with E-state index in [2.05, 4.69) is 15.9 Å². The molecule has 0 bridgehead atoms. The van der Waals surface area contributed by atoms with Gasteiger partial charge < -0.3 is 9.47 Å². The lowest BCUT2D eigenvalue weighted by Gasteiger charge is -2.08. The van der Waals surface area contributed by atoms with Crippen LogP contribution in [0.3, 0.4) is 0 Å². The summed E-state index contributed by atoms with van der Waals surface area (Å²) in [4.78, 5) is 0. The Morgan fingerprint density at radius 3 is 2.75 bits per heavy atom. The van der Waals surface area contributed by atoms with Crippen molar-refractivity contribution in [2.45, 2.75) is 18.7 Å². The zero-order valence-corrected chi connectivity index (χ0v) is 11.7. The molecule has 1 rings (SSSR count). The third-order valence-corrected chi connectivity index (χ3v) is 2.99. The van der Waals surface area contributed by atoms with Gasteiger partial charge in [0.15, 0.2) is 0 Å². The molecule has 1 aromatic carbocycles. The van der Waals surface area contributed by atoms with Crippen LogP contribution in [-0.4, -0.2) is 19.8 Å². The molecule has 0 aromatic heterocycles. The summed E-state index contributed by atoms with van der Waals surface area (Å²) in [7, 11) is 0. The lowest BCUT2D eigenvalue weighted by Crippen LogP contribution is -2.03. The van der Waals surface area contributed by atoms with Crippen molar-refractivity contribution < 1.29 is 9.47 Å². The Hall–Kier alpha value is -0.250. The van der Waals surface area contributed by atoms with Gasteiger partial charge >= 0.3 is 0 Å². The van der Waals surface area contributed by atoms with Crippen LogP contribution >= 0.6 is 27.5 Å². The molecular formula is C12H16BrClO2. The van der Waals surface area contributed by atoms with Crippen molar-refractivity contribution in [2.75, 3.05) is 19.8 Å². The zero-order valence-electron chi connectivity index (χ0n) is 9.34. The molecule has 0 radical (unpaired) electrons. The van der Waals surface area contributed by atoms with Gasteiger partial charge in [-0.05, 0) is 24.6 Å². The van der Waals surface area contributed by atoms with Gasteiger partial charge in [-0.15, -0.1) is 0 Å². The van der Waals surface area contributed by atoms with E-state index in [1.54, 1.807) is 0 Å². The van der Waals surface area contributed by atoms with E-state index in [9.17, 15) is 0 Å². The van der Waals surface area contributed by atoms with Gasteiger partial charge in [-0.3, -0.25) is 0 Å². The maximum absolute atomic E-state index is 6.07. The van der Waals surface area contributed by atoms with Gasteiger partial charge in [0.25, 0.3) is 0 Å². The minimum atomic E-state index is 0.632. The fraction of sp³-hybridized carbons (Fsp3) is 0.500. The summed E-state index contributed by atoms with van der Waals surface area (Å²) in [5, 5.41) is 1.46. The molecule has 0 unspecified atom stereocenters. The van der Waals surface area contributed by atoms with E-state index < -0.39 is 0 Å². The molecule has 1 aromatic rings. The van der Waals surface area contributed by atoms with Crippen molar-refractivity contribution >= 4 is 27.5 Å². The average Bonchev–Trinajstić information content (AvgIpc) is 2.30. The predicted octanol–water partition coefficient (Wildman–Crippen LogP) is 4.04. The largest absolute Gasteiger partial charge is 0.492 e. The van der Waals surface area contributed by atoms with Crippen molar-refractivity contribution in [1.29, 1.82) is 0 Å². The lowest BCUT2D eigenvalue weighted by atomic mass is 10.2. The van der Waals surface area contributed by atoms with E-state index in [0.717, 1.165) is 36.3 Å². The maximum atomic E-state index is 6.07. The quantitative estimate of drug-likeness (QED) is 0.559. The summed E-state index contributed by atoms with van der Waals surface area (Å²) in [6.07, 6.45) is 0.879. The smallest absolute Gasteiger partial charge is 0.137 e. The van der Waals surface area contributed by atoms with Gasteiger partial charge in [-0.25, -0.2) is 0 Å². The Bertz CT molecular complexity index is 318. The summed E-state index contributed by atoms with van der Waals surface area (Å²) in [6.45, 7) is 4.10. The molecule has 0 fully saturated rings. The van der Waals surface area contributed by atoms with Crippen molar-refractivity contribution in [1.82, 2.24) is 0 Å². The molecule has 0 heterocycles. The van der Waals surface area contributed by atoms with E-state index in [4.69, 9.17) is 21.1 Å². The molecule has 0 spiro atoms. The molecule has 0 N–H and O–H groups in total. The number of rotatable bonds is 7. The summed E-state index contributed by atoms with van der Waals surface area (Å²) in [6, 6.07) is 5.81. The number of hydrogen-bond acceptors (Lipinski definition) is 2. The van der Waals surface area contributed by atoms with E-state index >= 15 is 0 Å². The van der Waals surface area contributed by atoms with Gasteiger partial charge in [0.2, 0.25) is 0 Å². The maximum Gasteiger partial charge on any atom is 0.137 e. The van der Waals surface area contributed by atoms with Crippen LogP contribution in [0.4, 0.5) is 0 Å². The summed E-state index contributed by atoms with van der Waals surface area (Å²) in [5.74, 6) is 0.739. The Morgan fingerprint density at radius 2 is 2.12 bits per heavy atom. The second-order valence-electron chi connectivity index (χ2n) is 3.30. The first-order valence-corrected chi connectivity index (χ1v) is 6.82. The first-order chi connectivity index (χ1) is 7.77. The predicted molar refractivity (Wildman–Crippen MR) is 70.7 cm³/mol. The number of hydrogen-bond donors (Lipinski definition) is 0. The number of alkyl halides is 1. The molecule has 0 atom stereocenters. The summed E-state index contributed by atoms with van der Waals surface area (Å²) >= 11 is 9.45. The summed E-state index contributed by atoms with van der Waals surface area (Å²) < 4.78 is 10.8. The standard InChI is InChI=1S/C12H16BrClO2/c1-2-15-6-3-7-16-12-5-4-10(9-13)8-11(12)14/h4-5,8H,2-3,6-7,9H2,1H3. The monoisotopic (exact) mass is 306 g/mol. The fourth-order valence-electron chi connectivity index (χ4n) is 1.23. The van der Waals surface area contributed by atoms with E-state index in [0.29, 0.717) is 11.6 Å². The van der Waals surface area contributed by atoms with Crippen LogP contribution in [-0.2, 0) is 10.1 Å². The molecule has 0 aliphatic heterocycles. The van der Waals surface area contributed by atoms with Gasteiger partial charge in [0.1, 0.15) is 5.75 Å². The lowest BCUT2D eigenvalue weighted by molar-refractivity contribution is 0.131. The molecule has 0 saturated heterocycles. The minimum absolute atomic E-state index is 0.632. The number of ether oxygens (including phenoxy) is 2. The summed E-state index contributed by atoms with van der Waals surface area (Å²) in [5.41, 5.74) is 1.15. The SMILES string of the molecule is CCOCCCOc1ccc(CBr)cc1Cl. The van der Waals surface area contributed by atoms with Crippen molar-refractivity contribution in [3.05, 3.63) is 28.8 Å². The van der Waals surface area contributed by atoms with Crippen LogP contribution < -0.4 is 4.74 Å². The first-order valence-electron chi connectivity index (χ1n) is 5.33. The highest BCUT2D eigenvalue weighted by Gasteiger charge is 2.02. The highest BCUT2D eigenvalue weighted by molar-refractivity contribution is 9.08. The van der Waals surface area contributed by atoms with Crippen LogP contribution in [0.2, 0.25) is 5.02 Å². The minimum Gasteiger partial charge on any atom is -0.492 e. The molecular weight excluding hydrogens is 291 g/mol. The number of halogens is 2. The van der Waals surface area contributed by atoms with Crippen LogP contribution in [0.25, 0.3) is 0 Å². The van der Waals surface area contributed by atoms with Crippen LogP contribution in [0.15, 0.2) is 18.2 Å². The van der Waals surface area contributed by atoms with Gasteiger partial charge in [0.05, 0.1) is 11.6 Å². The van der Waals surface area contributed by atoms with Crippen molar-refractivity contribution in [3.63, 3.8) is 0 Å². The van der Waals surface area contributed by atoms with E-state index in [1.807, 2.05) is 25.1 Å². The molecule has 2 nitrogen and oxygen atoms in total. The molecule has 90 valence electrons. The highest BCUT2D eigenvalue weighted by atomic mass is 79.9. The Balaban J connectivity index is 2.36. The molecule has 0 amide bonds.